The molecule has 1 aromatic heterocycles. The van der Waals surface area contributed by atoms with Crippen molar-refractivity contribution in [1.29, 1.82) is 0 Å². The van der Waals surface area contributed by atoms with E-state index in [0.717, 1.165) is 23.1 Å². The summed E-state index contributed by atoms with van der Waals surface area (Å²) in [6.45, 7) is 6.03. The number of halogens is 2. The molecule has 0 atom stereocenters. The van der Waals surface area contributed by atoms with Crippen LogP contribution in [0, 0.1) is 12.7 Å². The minimum Gasteiger partial charge on any atom is -0.357 e. The fraction of sp³-hybridized carbons (Fsp3) is 0.375. The van der Waals surface area contributed by atoms with E-state index < -0.39 is 0 Å². The standard InChI is InChI=1S/C16H20ClFN4S/c1-3-19-16(22-10-15-21-9-11(2)23-15)20-7-6-12-4-5-13(18)8-14(12)17/h4-5,8-9H,3,6-7,10H2,1-2H3,(H2,19,20,22). The highest BCUT2D eigenvalue weighted by Crippen LogP contribution is 2.17. The molecule has 0 radical (unpaired) electrons. The van der Waals surface area contributed by atoms with Gasteiger partial charge in [0, 0.05) is 29.2 Å². The fourth-order valence-electron chi connectivity index (χ4n) is 2.00. The molecular weight excluding hydrogens is 335 g/mol. The van der Waals surface area contributed by atoms with Gasteiger partial charge in [-0.05, 0) is 38.0 Å². The third kappa shape index (κ3) is 5.80. The second-order valence-corrected chi connectivity index (χ2v) is 6.70. The van der Waals surface area contributed by atoms with Crippen molar-refractivity contribution >= 4 is 28.9 Å². The van der Waals surface area contributed by atoms with Gasteiger partial charge in [0.1, 0.15) is 10.8 Å². The molecular formula is C16H20ClFN4S. The minimum absolute atomic E-state index is 0.319. The molecule has 0 saturated carbocycles. The van der Waals surface area contributed by atoms with Crippen LogP contribution in [0.1, 0.15) is 22.4 Å². The Labute approximate surface area is 144 Å². The molecule has 0 aliphatic heterocycles. The van der Waals surface area contributed by atoms with Gasteiger partial charge in [0.05, 0.1) is 6.54 Å². The predicted molar refractivity (Wildman–Crippen MR) is 94.8 cm³/mol. The van der Waals surface area contributed by atoms with Crippen molar-refractivity contribution in [2.24, 2.45) is 4.99 Å². The van der Waals surface area contributed by atoms with Crippen LogP contribution in [-0.2, 0) is 13.0 Å². The van der Waals surface area contributed by atoms with E-state index >= 15 is 0 Å². The highest BCUT2D eigenvalue weighted by Gasteiger charge is 2.04. The lowest BCUT2D eigenvalue weighted by atomic mass is 10.1. The van der Waals surface area contributed by atoms with Crippen LogP contribution >= 0.6 is 22.9 Å². The average molecular weight is 355 g/mol. The lowest BCUT2D eigenvalue weighted by Gasteiger charge is -2.11. The molecule has 1 heterocycles. The molecule has 124 valence electrons. The summed E-state index contributed by atoms with van der Waals surface area (Å²) < 4.78 is 13.0. The van der Waals surface area contributed by atoms with Crippen LogP contribution in [-0.4, -0.2) is 24.0 Å². The summed E-state index contributed by atoms with van der Waals surface area (Å²) >= 11 is 7.67. The molecule has 0 fully saturated rings. The van der Waals surface area contributed by atoms with Crippen LogP contribution in [0.3, 0.4) is 0 Å². The van der Waals surface area contributed by atoms with Gasteiger partial charge in [-0.1, -0.05) is 17.7 Å². The Morgan fingerprint density at radius 1 is 1.39 bits per heavy atom. The molecule has 7 heteroatoms. The third-order valence-electron chi connectivity index (χ3n) is 3.09. The molecule has 0 bridgehead atoms. The lowest BCUT2D eigenvalue weighted by molar-refractivity contribution is 0.627. The first kappa shape index (κ1) is 17.7. The summed E-state index contributed by atoms with van der Waals surface area (Å²) in [6.07, 6.45) is 2.55. The van der Waals surface area contributed by atoms with Crippen molar-refractivity contribution in [3.05, 3.63) is 50.7 Å². The summed E-state index contributed by atoms with van der Waals surface area (Å²) in [7, 11) is 0. The average Bonchev–Trinajstić information content (AvgIpc) is 2.92. The number of hydrogen-bond acceptors (Lipinski definition) is 3. The number of guanidine groups is 1. The van der Waals surface area contributed by atoms with Gasteiger partial charge < -0.3 is 10.6 Å². The first-order chi connectivity index (χ1) is 11.1. The molecule has 2 rings (SSSR count). The summed E-state index contributed by atoms with van der Waals surface area (Å²) in [6, 6.07) is 4.47. The monoisotopic (exact) mass is 354 g/mol. The van der Waals surface area contributed by atoms with Crippen LogP contribution in [0.15, 0.2) is 29.4 Å². The zero-order valence-corrected chi connectivity index (χ0v) is 14.8. The quantitative estimate of drug-likeness (QED) is 0.616. The van der Waals surface area contributed by atoms with Crippen molar-refractivity contribution < 1.29 is 4.39 Å². The van der Waals surface area contributed by atoms with E-state index in [-0.39, 0.29) is 5.82 Å². The van der Waals surface area contributed by atoms with Crippen molar-refractivity contribution in [3.63, 3.8) is 0 Å². The number of benzene rings is 1. The van der Waals surface area contributed by atoms with E-state index in [1.54, 1.807) is 17.4 Å². The van der Waals surface area contributed by atoms with Gasteiger partial charge in [-0.25, -0.2) is 14.4 Å². The van der Waals surface area contributed by atoms with E-state index in [4.69, 9.17) is 11.6 Å². The zero-order chi connectivity index (χ0) is 16.7. The fourth-order valence-corrected chi connectivity index (χ4v) is 2.98. The number of hydrogen-bond donors (Lipinski definition) is 2. The van der Waals surface area contributed by atoms with Crippen LogP contribution in [0.25, 0.3) is 0 Å². The van der Waals surface area contributed by atoms with E-state index in [1.165, 1.54) is 17.0 Å². The molecule has 4 nitrogen and oxygen atoms in total. The van der Waals surface area contributed by atoms with Crippen LogP contribution in [0.5, 0.6) is 0 Å². The normalized spacial score (nSPS) is 11.6. The van der Waals surface area contributed by atoms with Gasteiger partial charge in [0.2, 0.25) is 0 Å². The Morgan fingerprint density at radius 3 is 2.87 bits per heavy atom. The summed E-state index contributed by atoms with van der Waals surface area (Å²) in [5, 5.41) is 7.88. The molecule has 0 unspecified atom stereocenters. The maximum atomic E-state index is 13.0. The molecule has 1 aromatic carbocycles. The van der Waals surface area contributed by atoms with E-state index in [1.807, 2.05) is 20.0 Å². The van der Waals surface area contributed by atoms with Crippen molar-refractivity contribution in [3.8, 4) is 0 Å². The van der Waals surface area contributed by atoms with Crippen LogP contribution < -0.4 is 10.6 Å². The van der Waals surface area contributed by atoms with E-state index in [9.17, 15) is 4.39 Å². The number of nitrogens with one attached hydrogen (secondary N) is 2. The number of thiazole rings is 1. The van der Waals surface area contributed by atoms with Gasteiger partial charge in [0.25, 0.3) is 0 Å². The molecule has 0 saturated heterocycles. The molecule has 0 aliphatic carbocycles. The predicted octanol–water partition coefficient (Wildman–Crippen LogP) is 3.54. The second-order valence-electron chi connectivity index (χ2n) is 4.97. The lowest BCUT2D eigenvalue weighted by Crippen LogP contribution is -2.38. The first-order valence-electron chi connectivity index (χ1n) is 7.46. The summed E-state index contributed by atoms with van der Waals surface area (Å²) in [5.41, 5.74) is 0.909. The number of aromatic nitrogens is 1. The topological polar surface area (TPSA) is 49.3 Å². The van der Waals surface area contributed by atoms with Gasteiger partial charge in [0.15, 0.2) is 5.96 Å². The maximum absolute atomic E-state index is 13.0. The maximum Gasteiger partial charge on any atom is 0.191 e. The number of aliphatic imine (C=N–C) groups is 1. The van der Waals surface area contributed by atoms with E-state index in [2.05, 4.69) is 20.6 Å². The van der Waals surface area contributed by atoms with Gasteiger partial charge in [-0.15, -0.1) is 11.3 Å². The summed E-state index contributed by atoms with van der Waals surface area (Å²) in [4.78, 5) is 9.99. The number of rotatable bonds is 6. The number of aryl methyl sites for hydroxylation is 1. The highest BCUT2D eigenvalue weighted by atomic mass is 35.5. The smallest absolute Gasteiger partial charge is 0.191 e. The number of nitrogens with zero attached hydrogens (tertiary/aromatic N) is 2. The van der Waals surface area contributed by atoms with Crippen molar-refractivity contribution in [2.45, 2.75) is 26.8 Å². The SMILES string of the molecule is CCNC(=NCc1ncc(C)s1)NCCc1ccc(F)cc1Cl. The van der Waals surface area contributed by atoms with Gasteiger partial charge >= 0.3 is 0 Å². The Bertz CT molecular complexity index is 672. The van der Waals surface area contributed by atoms with Gasteiger partial charge in [-0.3, -0.25) is 0 Å². The molecule has 23 heavy (non-hydrogen) atoms. The Kier molecular flexibility index (Phi) is 6.80. The molecule has 2 aromatic rings. The minimum atomic E-state index is -0.319. The Hall–Kier alpha value is -1.66. The van der Waals surface area contributed by atoms with Gasteiger partial charge in [-0.2, -0.15) is 0 Å². The largest absolute Gasteiger partial charge is 0.357 e. The van der Waals surface area contributed by atoms with E-state index in [0.29, 0.717) is 24.5 Å². The first-order valence-corrected chi connectivity index (χ1v) is 8.65. The van der Waals surface area contributed by atoms with Crippen molar-refractivity contribution in [1.82, 2.24) is 15.6 Å². The zero-order valence-electron chi connectivity index (χ0n) is 13.2. The highest BCUT2D eigenvalue weighted by molar-refractivity contribution is 7.11. The summed E-state index contributed by atoms with van der Waals surface area (Å²) in [5.74, 6) is 0.416. The Balaban J connectivity index is 1.88. The third-order valence-corrected chi connectivity index (χ3v) is 4.34. The molecule has 0 spiro atoms. The van der Waals surface area contributed by atoms with Crippen LogP contribution in [0.2, 0.25) is 5.02 Å². The molecule has 0 amide bonds. The second kappa shape index (κ2) is 8.84. The van der Waals surface area contributed by atoms with Crippen LogP contribution in [0.4, 0.5) is 4.39 Å². The van der Waals surface area contributed by atoms with Crippen molar-refractivity contribution in [2.75, 3.05) is 13.1 Å². The Morgan fingerprint density at radius 2 is 2.22 bits per heavy atom. The molecule has 2 N–H and O–H groups in total. The molecule has 0 aliphatic rings.